The highest BCUT2D eigenvalue weighted by molar-refractivity contribution is 5.78. The zero-order valence-electron chi connectivity index (χ0n) is 14.6. The molecule has 25 heavy (non-hydrogen) atoms. The van der Waals surface area contributed by atoms with Crippen LogP contribution in [-0.2, 0) is 11.3 Å². The van der Waals surface area contributed by atoms with Gasteiger partial charge in [-0.2, -0.15) is 0 Å². The first-order chi connectivity index (χ1) is 12.1. The van der Waals surface area contributed by atoms with Crippen molar-refractivity contribution in [1.29, 1.82) is 0 Å². The molecule has 1 aromatic rings. The van der Waals surface area contributed by atoms with Gasteiger partial charge in [-0.25, -0.2) is 0 Å². The third kappa shape index (κ3) is 4.76. The Morgan fingerprint density at radius 2 is 1.60 bits per heavy atom. The lowest BCUT2D eigenvalue weighted by molar-refractivity contribution is -0.385. The minimum absolute atomic E-state index is 0.185. The molecule has 136 valence electrons. The van der Waals surface area contributed by atoms with Crippen LogP contribution in [-0.4, -0.2) is 71.3 Å². The van der Waals surface area contributed by atoms with Crippen molar-refractivity contribution in [3.8, 4) is 0 Å². The fraction of sp³-hybridized carbons (Fsp3) is 0.611. The molecule has 7 nitrogen and oxygen atoms in total. The second-order valence-electron chi connectivity index (χ2n) is 6.88. The zero-order chi connectivity index (χ0) is 17.6. The van der Waals surface area contributed by atoms with Gasteiger partial charge >= 0.3 is 0 Å². The van der Waals surface area contributed by atoms with Gasteiger partial charge in [0.1, 0.15) is 0 Å². The Morgan fingerprint density at radius 1 is 0.960 bits per heavy atom. The van der Waals surface area contributed by atoms with Gasteiger partial charge in [-0.05, 0) is 19.3 Å². The molecule has 0 N–H and O–H groups in total. The number of rotatable bonds is 5. The molecule has 0 aromatic heterocycles. The summed E-state index contributed by atoms with van der Waals surface area (Å²) in [5.41, 5.74) is 0.940. The van der Waals surface area contributed by atoms with Gasteiger partial charge in [-0.15, -0.1) is 0 Å². The lowest BCUT2D eigenvalue weighted by Crippen LogP contribution is -2.50. The van der Waals surface area contributed by atoms with Gasteiger partial charge in [-0.3, -0.25) is 24.7 Å². The first kappa shape index (κ1) is 17.8. The number of hydrogen-bond acceptors (Lipinski definition) is 5. The van der Waals surface area contributed by atoms with Crippen molar-refractivity contribution in [2.75, 3.05) is 45.8 Å². The smallest absolute Gasteiger partial charge is 0.273 e. The number of piperazine rings is 1. The maximum Gasteiger partial charge on any atom is 0.273 e. The predicted molar refractivity (Wildman–Crippen MR) is 95.2 cm³/mol. The second kappa shape index (κ2) is 8.40. The van der Waals surface area contributed by atoms with E-state index in [4.69, 9.17) is 0 Å². The predicted octanol–water partition coefficient (Wildman–Crippen LogP) is 1.72. The number of carbonyl (C=O) groups is 1. The molecule has 0 bridgehead atoms. The lowest BCUT2D eigenvalue weighted by atomic mass is 10.1. The van der Waals surface area contributed by atoms with Crippen LogP contribution in [0.2, 0.25) is 0 Å². The minimum atomic E-state index is -0.317. The number of hydrogen-bond donors (Lipinski definition) is 0. The Bertz CT molecular complexity index is 608. The number of amides is 1. The molecular formula is C18H26N4O3. The van der Waals surface area contributed by atoms with Crippen LogP contribution in [0.25, 0.3) is 0 Å². The standard InChI is InChI=1S/C18H26N4O3/c23-18(21-8-4-1-5-9-21)15-20-12-10-19(11-13-20)14-16-6-2-3-7-17(16)22(24)25/h2-3,6-7H,1,4-5,8-15H2. The van der Waals surface area contributed by atoms with Crippen molar-refractivity contribution in [1.82, 2.24) is 14.7 Å². The molecule has 0 spiro atoms. The van der Waals surface area contributed by atoms with Crippen molar-refractivity contribution in [3.63, 3.8) is 0 Å². The molecular weight excluding hydrogens is 320 g/mol. The Hall–Kier alpha value is -1.99. The Balaban J connectivity index is 1.47. The van der Waals surface area contributed by atoms with Gasteiger partial charge in [0.05, 0.1) is 11.5 Å². The van der Waals surface area contributed by atoms with E-state index in [0.29, 0.717) is 13.1 Å². The number of para-hydroxylation sites is 1. The van der Waals surface area contributed by atoms with E-state index in [0.717, 1.165) is 57.7 Å². The van der Waals surface area contributed by atoms with Crippen molar-refractivity contribution in [2.45, 2.75) is 25.8 Å². The van der Waals surface area contributed by atoms with Crippen molar-refractivity contribution in [2.24, 2.45) is 0 Å². The normalized spacial score (nSPS) is 19.8. The van der Waals surface area contributed by atoms with E-state index in [9.17, 15) is 14.9 Å². The van der Waals surface area contributed by atoms with Crippen molar-refractivity contribution >= 4 is 11.6 Å². The number of benzene rings is 1. The summed E-state index contributed by atoms with van der Waals surface area (Å²) in [5, 5.41) is 11.1. The molecule has 0 aliphatic carbocycles. The van der Waals surface area contributed by atoms with E-state index in [2.05, 4.69) is 9.80 Å². The molecule has 2 saturated heterocycles. The van der Waals surface area contributed by atoms with Crippen LogP contribution in [0.4, 0.5) is 5.69 Å². The highest BCUT2D eigenvalue weighted by Gasteiger charge is 2.24. The van der Waals surface area contributed by atoms with Gasteiger partial charge in [-0.1, -0.05) is 18.2 Å². The average Bonchev–Trinajstić information content (AvgIpc) is 2.64. The van der Waals surface area contributed by atoms with E-state index in [1.165, 1.54) is 6.42 Å². The average molecular weight is 346 g/mol. The fourth-order valence-electron chi connectivity index (χ4n) is 3.60. The van der Waals surface area contributed by atoms with Crippen LogP contribution < -0.4 is 0 Å². The maximum absolute atomic E-state index is 12.4. The summed E-state index contributed by atoms with van der Waals surface area (Å²) >= 11 is 0. The molecule has 1 aromatic carbocycles. The molecule has 0 atom stereocenters. The first-order valence-electron chi connectivity index (χ1n) is 9.08. The molecule has 2 aliphatic rings. The van der Waals surface area contributed by atoms with E-state index in [1.807, 2.05) is 17.0 Å². The van der Waals surface area contributed by atoms with E-state index in [1.54, 1.807) is 12.1 Å². The molecule has 2 fully saturated rings. The SMILES string of the molecule is O=C(CN1CCN(Cc2ccccc2[N+](=O)[O-])CC1)N1CCCCC1. The van der Waals surface area contributed by atoms with Crippen LogP contribution in [0.5, 0.6) is 0 Å². The summed E-state index contributed by atoms with van der Waals surface area (Å²) in [4.78, 5) is 29.6. The van der Waals surface area contributed by atoms with Gasteiger partial charge in [0, 0.05) is 57.4 Å². The third-order valence-electron chi connectivity index (χ3n) is 5.11. The fourth-order valence-corrected chi connectivity index (χ4v) is 3.60. The third-order valence-corrected chi connectivity index (χ3v) is 5.11. The summed E-state index contributed by atoms with van der Waals surface area (Å²) in [5.74, 6) is 0.242. The molecule has 2 heterocycles. The first-order valence-corrected chi connectivity index (χ1v) is 9.08. The Kier molecular flexibility index (Phi) is 5.99. The molecule has 0 unspecified atom stereocenters. The summed E-state index contributed by atoms with van der Waals surface area (Å²) in [6.07, 6.45) is 3.47. The number of nitro benzene ring substituents is 1. The largest absolute Gasteiger partial charge is 0.342 e. The van der Waals surface area contributed by atoms with Crippen molar-refractivity contribution < 1.29 is 9.72 Å². The van der Waals surface area contributed by atoms with E-state index >= 15 is 0 Å². The van der Waals surface area contributed by atoms with Crippen LogP contribution >= 0.6 is 0 Å². The Morgan fingerprint density at radius 3 is 2.28 bits per heavy atom. The van der Waals surface area contributed by atoms with Crippen LogP contribution in [0, 0.1) is 10.1 Å². The second-order valence-corrected chi connectivity index (χ2v) is 6.88. The maximum atomic E-state index is 12.4. The monoisotopic (exact) mass is 346 g/mol. The molecule has 2 aliphatic heterocycles. The number of carbonyl (C=O) groups excluding carboxylic acids is 1. The molecule has 0 saturated carbocycles. The van der Waals surface area contributed by atoms with Crippen LogP contribution in [0.15, 0.2) is 24.3 Å². The van der Waals surface area contributed by atoms with Gasteiger partial charge in [0.15, 0.2) is 0 Å². The van der Waals surface area contributed by atoms with Crippen LogP contribution in [0.3, 0.4) is 0 Å². The topological polar surface area (TPSA) is 69.9 Å². The van der Waals surface area contributed by atoms with Crippen molar-refractivity contribution in [3.05, 3.63) is 39.9 Å². The summed E-state index contributed by atoms with van der Waals surface area (Å²) < 4.78 is 0. The zero-order valence-corrected chi connectivity index (χ0v) is 14.6. The highest BCUT2D eigenvalue weighted by Crippen LogP contribution is 2.20. The Labute approximate surface area is 148 Å². The van der Waals surface area contributed by atoms with Gasteiger partial charge in [0.2, 0.25) is 5.91 Å². The van der Waals surface area contributed by atoms with Gasteiger partial charge in [0.25, 0.3) is 5.69 Å². The highest BCUT2D eigenvalue weighted by atomic mass is 16.6. The quantitative estimate of drug-likeness (QED) is 0.600. The van der Waals surface area contributed by atoms with Gasteiger partial charge < -0.3 is 4.90 Å². The summed E-state index contributed by atoms with van der Waals surface area (Å²) in [6.45, 7) is 6.22. The minimum Gasteiger partial charge on any atom is -0.342 e. The molecule has 0 radical (unpaired) electrons. The number of piperidine rings is 1. The summed E-state index contributed by atoms with van der Waals surface area (Å²) in [6, 6.07) is 6.93. The number of nitrogens with zero attached hydrogens (tertiary/aromatic N) is 4. The number of nitro groups is 1. The molecule has 1 amide bonds. The number of likely N-dealkylation sites (tertiary alicyclic amines) is 1. The molecule has 7 heteroatoms. The van der Waals surface area contributed by atoms with E-state index < -0.39 is 0 Å². The lowest BCUT2D eigenvalue weighted by Gasteiger charge is -2.36. The van der Waals surface area contributed by atoms with E-state index in [-0.39, 0.29) is 16.5 Å². The molecule has 3 rings (SSSR count). The summed E-state index contributed by atoms with van der Waals surface area (Å²) in [7, 11) is 0. The van der Waals surface area contributed by atoms with Crippen LogP contribution in [0.1, 0.15) is 24.8 Å².